The van der Waals surface area contributed by atoms with Crippen molar-refractivity contribution >= 4 is 43.6 Å². The van der Waals surface area contributed by atoms with E-state index in [0.717, 1.165) is 11.4 Å². The molecule has 10 aromatic rings. The Labute approximate surface area is 290 Å². The molecule has 8 aromatic carbocycles. The van der Waals surface area contributed by atoms with Gasteiger partial charge in [-0.15, -0.1) is 0 Å². The van der Waals surface area contributed by atoms with Gasteiger partial charge in [-0.3, -0.25) is 0 Å². The first-order valence-electron chi connectivity index (χ1n) is 17.2. The summed E-state index contributed by atoms with van der Waals surface area (Å²) in [5, 5.41) is 5.01. The fourth-order valence-corrected chi connectivity index (χ4v) is 7.91. The van der Waals surface area contributed by atoms with E-state index in [-0.39, 0.29) is 0 Å². The number of hydrogen-bond acceptors (Lipinski definition) is 0. The molecule has 2 heterocycles. The Morgan fingerprint density at radius 2 is 0.820 bits per heavy atom. The largest absolute Gasteiger partial charge is 0.309 e. The minimum Gasteiger partial charge on any atom is -0.309 e. The zero-order valence-corrected chi connectivity index (χ0v) is 27.4. The maximum Gasteiger partial charge on any atom is 0.0619 e. The molecule has 50 heavy (non-hydrogen) atoms. The van der Waals surface area contributed by atoms with Gasteiger partial charge in [0.1, 0.15) is 0 Å². The van der Waals surface area contributed by atoms with Crippen LogP contribution < -0.4 is 0 Å². The lowest BCUT2D eigenvalue weighted by atomic mass is 9.94. The van der Waals surface area contributed by atoms with Crippen molar-refractivity contribution in [1.29, 1.82) is 0 Å². The van der Waals surface area contributed by atoms with E-state index in [1.165, 1.54) is 77.0 Å². The van der Waals surface area contributed by atoms with Crippen LogP contribution in [0.25, 0.3) is 88.4 Å². The van der Waals surface area contributed by atoms with Crippen molar-refractivity contribution in [3.8, 4) is 44.8 Å². The van der Waals surface area contributed by atoms with Crippen LogP contribution in [0, 0.1) is 0 Å². The summed E-state index contributed by atoms with van der Waals surface area (Å²) >= 11 is 0. The number of nitrogens with zero attached hydrogens (tertiary/aromatic N) is 2. The molecule has 2 aromatic heterocycles. The Bertz CT molecular complexity index is 2840. The van der Waals surface area contributed by atoms with Crippen LogP contribution in [-0.4, -0.2) is 9.13 Å². The molecule has 0 atom stereocenters. The van der Waals surface area contributed by atoms with Gasteiger partial charge in [-0.25, -0.2) is 0 Å². The van der Waals surface area contributed by atoms with Crippen molar-refractivity contribution in [3.05, 3.63) is 194 Å². The van der Waals surface area contributed by atoms with E-state index in [9.17, 15) is 0 Å². The molecule has 0 fully saturated rings. The Morgan fingerprint density at radius 3 is 1.54 bits per heavy atom. The second-order valence-corrected chi connectivity index (χ2v) is 12.9. The van der Waals surface area contributed by atoms with Gasteiger partial charge in [0.25, 0.3) is 0 Å². The summed E-state index contributed by atoms with van der Waals surface area (Å²) in [5.41, 5.74) is 14.4. The minimum absolute atomic E-state index is 1.15. The topological polar surface area (TPSA) is 9.86 Å². The van der Waals surface area contributed by atoms with E-state index >= 15 is 0 Å². The highest BCUT2D eigenvalue weighted by atomic mass is 15.0. The lowest BCUT2D eigenvalue weighted by Crippen LogP contribution is -1.96. The van der Waals surface area contributed by atoms with Gasteiger partial charge < -0.3 is 9.13 Å². The predicted molar refractivity (Wildman–Crippen MR) is 211 cm³/mol. The standard InChI is InChI=1S/C48H32N2/c1-4-15-33(16-5-1)38-29-28-37(32-43(38)34-17-6-2-7-18-34)49-45-25-12-11-22-41(45)44-31-35(27-30-47(44)49)39-23-14-24-42-40-21-10-13-26-46(40)50(48(39)42)36-19-8-3-9-20-36/h1-32H. The molecule has 0 N–H and O–H groups in total. The smallest absolute Gasteiger partial charge is 0.0619 e. The van der Waals surface area contributed by atoms with Crippen LogP contribution in [0.2, 0.25) is 0 Å². The van der Waals surface area contributed by atoms with Crippen LogP contribution in [0.4, 0.5) is 0 Å². The highest BCUT2D eigenvalue weighted by molar-refractivity contribution is 6.15. The maximum atomic E-state index is 2.43. The molecular formula is C48H32N2. The molecule has 2 nitrogen and oxygen atoms in total. The van der Waals surface area contributed by atoms with Gasteiger partial charge >= 0.3 is 0 Å². The van der Waals surface area contributed by atoms with Crippen LogP contribution in [0.1, 0.15) is 0 Å². The highest BCUT2D eigenvalue weighted by Crippen LogP contribution is 2.42. The van der Waals surface area contributed by atoms with E-state index in [1.807, 2.05) is 0 Å². The van der Waals surface area contributed by atoms with Crippen molar-refractivity contribution in [2.75, 3.05) is 0 Å². The first-order chi connectivity index (χ1) is 24.8. The lowest BCUT2D eigenvalue weighted by Gasteiger charge is -2.15. The summed E-state index contributed by atoms with van der Waals surface area (Å²) in [5.74, 6) is 0. The van der Waals surface area contributed by atoms with Crippen molar-refractivity contribution in [3.63, 3.8) is 0 Å². The van der Waals surface area contributed by atoms with Gasteiger partial charge in [0.15, 0.2) is 0 Å². The fourth-order valence-electron chi connectivity index (χ4n) is 7.91. The monoisotopic (exact) mass is 636 g/mol. The SMILES string of the molecule is c1ccc(-c2ccc(-n3c4ccccc4c4cc(-c5cccc6c7ccccc7n(-c7ccccc7)c56)ccc43)cc2-c2ccccc2)cc1. The predicted octanol–water partition coefficient (Wildman–Crippen LogP) is 12.9. The second-order valence-electron chi connectivity index (χ2n) is 12.9. The first kappa shape index (κ1) is 28.4. The van der Waals surface area contributed by atoms with Gasteiger partial charge in [-0.2, -0.15) is 0 Å². The first-order valence-corrected chi connectivity index (χ1v) is 17.2. The highest BCUT2D eigenvalue weighted by Gasteiger charge is 2.19. The molecule has 0 bridgehead atoms. The second kappa shape index (κ2) is 11.5. The summed E-state index contributed by atoms with van der Waals surface area (Å²) in [4.78, 5) is 0. The Kier molecular flexibility index (Phi) is 6.53. The zero-order chi connectivity index (χ0) is 33.0. The number of fused-ring (bicyclic) bond motifs is 6. The molecule has 0 radical (unpaired) electrons. The Morgan fingerprint density at radius 1 is 0.260 bits per heavy atom. The summed E-state index contributed by atoms with van der Waals surface area (Å²) < 4.78 is 4.85. The molecule has 0 saturated carbocycles. The van der Waals surface area contributed by atoms with Crippen molar-refractivity contribution in [2.45, 2.75) is 0 Å². The van der Waals surface area contributed by atoms with Crippen LogP contribution in [0.15, 0.2) is 194 Å². The summed E-state index contributed by atoms with van der Waals surface area (Å²) in [6.45, 7) is 0. The maximum absolute atomic E-state index is 2.43. The summed E-state index contributed by atoms with van der Waals surface area (Å²) in [6, 6.07) is 70.4. The molecule has 234 valence electrons. The van der Waals surface area contributed by atoms with E-state index in [4.69, 9.17) is 0 Å². The minimum atomic E-state index is 1.15. The molecule has 2 heteroatoms. The van der Waals surface area contributed by atoms with Crippen molar-refractivity contribution in [1.82, 2.24) is 9.13 Å². The van der Waals surface area contributed by atoms with E-state index in [1.54, 1.807) is 0 Å². The van der Waals surface area contributed by atoms with E-state index in [0.29, 0.717) is 0 Å². The van der Waals surface area contributed by atoms with Crippen LogP contribution in [-0.2, 0) is 0 Å². The third kappa shape index (κ3) is 4.43. The average molecular weight is 637 g/mol. The molecule has 0 aliphatic carbocycles. The molecule has 0 amide bonds. The Hall–Kier alpha value is -6.64. The normalized spacial score (nSPS) is 11.6. The molecule has 0 aliphatic rings. The van der Waals surface area contributed by atoms with Gasteiger partial charge in [0.05, 0.1) is 22.1 Å². The van der Waals surface area contributed by atoms with Crippen LogP contribution in [0.5, 0.6) is 0 Å². The van der Waals surface area contributed by atoms with Gasteiger partial charge in [0, 0.05) is 38.5 Å². The van der Waals surface area contributed by atoms with Gasteiger partial charge in [-0.1, -0.05) is 146 Å². The number of para-hydroxylation sites is 4. The van der Waals surface area contributed by atoms with E-state index < -0.39 is 0 Å². The molecular weight excluding hydrogens is 605 g/mol. The number of hydrogen-bond donors (Lipinski definition) is 0. The molecule has 0 aliphatic heterocycles. The third-order valence-corrected chi connectivity index (χ3v) is 10.1. The van der Waals surface area contributed by atoms with E-state index in [2.05, 4.69) is 203 Å². The summed E-state index contributed by atoms with van der Waals surface area (Å²) in [7, 11) is 0. The fraction of sp³-hybridized carbons (Fsp3) is 0. The number of aromatic nitrogens is 2. The quantitative estimate of drug-likeness (QED) is 0.178. The lowest BCUT2D eigenvalue weighted by molar-refractivity contribution is 1.18. The van der Waals surface area contributed by atoms with Crippen molar-refractivity contribution in [2.24, 2.45) is 0 Å². The number of rotatable bonds is 5. The third-order valence-electron chi connectivity index (χ3n) is 10.1. The molecule has 0 spiro atoms. The van der Waals surface area contributed by atoms with Gasteiger partial charge in [0.2, 0.25) is 0 Å². The van der Waals surface area contributed by atoms with Crippen LogP contribution >= 0.6 is 0 Å². The number of benzene rings is 8. The zero-order valence-electron chi connectivity index (χ0n) is 27.4. The van der Waals surface area contributed by atoms with Gasteiger partial charge in [-0.05, 0) is 76.3 Å². The average Bonchev–Trinajstić information content (AvgIpc) is 3.71. The van der Waals surface area contributed by atoms with Crippen LogP contribution in [0.3, 0.4) is 0 Å². The summed E-state index contributed by atoms with van der Waals surface area (Å²) in [6.07, 6.45) is 0. The molecule has 10 rings (SSSR count). The van der Waals surface area contributed by atoms with Crippen molar-refractivity contribution < 1.29 is 0 Å². The molecule has 0 unspecified atom stereocenters. The Balaban J connectivity index is 1.21. The molecule has 0 saturated heterocycles.